The number of rotatable bonds is 9. The predicted molar refractivity (Wildman–Crippen MR) is 136 cm³/mol. The molecule has 0 aromatic heterocycles. The normalized spacial score (nSPS) is 12.7. The van der Waals surface area contributed by atoms with Crippen LogP contribution in [-0.4, -0.2) is 57.3 Å². The number of phenols is 2. The molecular weight excluding hydrogens is 476 g/mol. The largest absolute Gasteiger partial charge is 0.508 e. The number of nitrogens with one attached hydrogen (secondary N) is 2. The molecule has 0 aliphatic heterocycles. The minimum atomic E-state index is -1.21. The molecule has 2 aromatic carbocycles. The molecule has 37 heavy (non-hydrogen) atoms. The Morgan fingerprint density at radius 1 is 0.973 bits per heavy atom. The lowest BCUT2D eigenvalue weighted by Gasteiger charge is -2.33. The Bertz CT molecular complexity index is 1120. The molecule has 2 rings (SSSR count). The number of phenolic OH excluding ortho intramolecular Hbond substituents is 2. The lowest BCUT2D eigenvalue weighted by Crippen LogP contribution is -2.54. The van der Waals surface area contributed by atoms with Crippen LogP contribution in [0.25, 0.3) is 0 Å². The number of nitrogens with zero attached hydrogens (tertiary/aromatic N) is 2. The van der Waals surface area contributed by atoms with Crippen molar-refractivity contribution in [3.05, 3.63) is 59.7 Å². The average molecular weight is 511 g/mol. The first-order chi connectivity index (χ1) is 17.3. The number of hydrogen-bond donors (Lipinski definition) is 4. The standard InChI is InChI=1S/C27H34N4O6/c1-17(2)29-24(34)23(19-8-12-21(33)13-9-19)31(15-14-28)25(35)22(30-26(36)37-27(3,4)5)16-18-6-10-20(32)11-7-18/h6-13,17,22-23,32-33H,15-16H2,1-5H3,(H,29,34)(H,30,36). The number of ether oxygens (including phenoxy) is 1. The summed E-state index contributed by atoms with van der Waals surface area (Å²) in [6.07, 6.45) is -0.830. The second-order valence-electron chi connectivity index (χ2n) is 9.85. The number of aromatic hydroxyl groups is 2. The monoisotopic (exact) mass is 510 g/mol. The second kappa shape index (κ2) is 12.6. The maximum atomic E-state index is 13.9. The Morgan fingerprint density at radius 3 is 2.00 bits per heavy atom. The summed E-state index contributed by atoms with van der Waals surface area (Å²) in [5, 5.41) is 34.3. The fourth-order valence-corrected chi connectivity index (χ4v) is 3.58. The van der Waals surface area contributed by atoms with Crippen LogP contribution in [0.15, 0.2) is 48.5 Å². The second-order valence-corrected chi connectivity index (χ2v) is 9.85. The van der Waals surface area contributed by atoms with Gasteiger partial charge < -0.3 is 30.5 Å². The molecule has 4 N–H and O–H groups in total. The molecule has 198 valence electrons. The molecule has 10 nitrogen and oxygen atoms in total. The molecule has 3 amide bonds. The molecule has 0 heterocycles. The van der Waals surface area contributed by atoms with E-state index in [-0.39, 0.29) is 24.0 Å². The number of benzene rings is 2. The summed E-state index contributed by atoms with van der Waals surface area (Å²) in [5.41, 5.74) is 0.172. The molecule has 2 unspecified atom stereocenters. The van der Waals surface area contributed by atoms with E-state index < -0.39 is 42.1 Å². The smallest absolute Gasteiger partial charge is 0.408 e. The van der Waals surface area contributed by atoms with Gasteiger partial charge >= 0.3 is 6.09 Å². The quantitative estimate of drug-likeness (QED) is 0.378. The fraction of sp³-hybridized carbons (Fsp3) is 0.407. The average Bonchev–Trinajstić information content (AvgIpc) is 2.78. The maximum absolute atomic E-state index is 13.9. The Balaban J connectivity index is 2.51. The van der Waals surface area contributed by atoms with Crippen LogP contribution in [0.4, 0.5) is 4.79 Å². The molecule has 0 saturated heterocycles. The number of nitriles is 1. The first kappa shape index (κ1) is 29.0. The van der Waals surface area contributed by atoms with Crippen molar-refractivity contribution in [2.75, 3.05) is 6.54 Å². The molecule has 0 bridgehead atoms. The number of carbonyl (C=O) groups is 3. The van der Waals surface area contributed by atoms with Crippen LogP contribution >= 0.6 is 0 Å². The molecule has 0 spiro atoms. The molecule has 0 saturated carbocycles. The van der Waals surface area contributed by atoms with Crippen molar-refractivity contribution in [1.29, 1.82) is 5.26 Å². The van der Waals surface area contributed by atoms with Crippen molar-refractivity contribution < 1.29 is 29.3 Å². The molecule has 2 atom stereocenters. The van der Waals surface area contributed by atoms with E-state index in [0.29, 0.717) is 11.1 Å². The van der Waals surface area contributed by atoms with Gasteiger partial charge in [0, 0.05) is 12.5 Å². The van der Waals surface area contributed by atoms with E-state index in [9.17, 15) is 29.9 Å². The van der Waals surface area contributed by atoms with Gasteiger partial charge in [-0.3, -0.25) is 9.59 Å². The van der Waals surface area contributed by atoms with Crippen LogP contribution in [0, 0.1) is 11.3 Å². The van der Waals surface area contributed by atoms with Crippen molar-refractivity contribution in [3.8, 4) is 17.6 Å². The summed E-state index contributed by atoms with van der Waals surface area (Å²) in [7, 11) is 0. The van der Waals surface area contributed by atoms with E-state index in [1.54, 1.807) is 46.8 Å². The van der Waals surface area contributed by atoms with E-state index in [1.807, 2.05) is 6.07 Å². The van der Waals surface area contributed by atoms with Crippen LogP contribution in [0.2, 0.25) is 0 Å². The van der Waals surface area contributed by atoms with Crippen molar-refractivity contribution in [1.82, 2.24) is 15.5 Å². The fourth-order valence-electron chi connectivity index (χ4n) is 3.58. The molecule has 0 aliphatic rings. The third kappa shape index (κ3) is 9.04. The minimum absolute atomic E-state index is 0.00832. The van der Waals surface area contributed by atoms with Gasteiger partial charge in [-0.05, 0) is 70.0 Å². The van der Waals surface area contributed by atoms with Crippen molar-refractivity contribution >= 4 is 17.9 Å². The maximum Gasteiger partial charge on any atom is 0.408 e. The van der Waals surface area contributed by atoms with Gasteiger partial charge in [-0.1, -0.05) is 24.3 Å². The van der Waals surface area contributed by atoms with Gasteiger partial charge in [0.1, 0.15) is 35.7 Å². The van der Waals surface area contributed by atoms with Crippen LogP contribution in [0.1, 0.15) is 51.8 Å². The van der Waals surface area contributed by atoms with Gasteiger partial charge in [0.2, 0.25) is 11.8 Å². The van der Waals surface area contributed by atoms with Crippen molar-refractivity contribution in [2.45, 2.75) is 64.8 Å². The zero-order valence-corrected chi connectivity index (χ0v) is 21.7. The highest BCUT2D eigenvalue weighted by Gasteiger charge is 2.36. The zero-order valence-electron chi connectivity index (χ0n) is 21.7. The van der Waals surface area contributed by atoms with E-state index in [1.165, 1.54) is 36.4 Å². The van der Waals surface area contributed by atoms with Gasteiger partial charge in [-0.25, -0.2) is 4.79 Å². The topological polar surface area (TPSA) is 152 Å². The summed E-state index contributed by atoms with van der Waals surface area (Å²) < 4.78 is 5.34. The Morgan fingerprint density at radius 2 is 1.51 bits per heavy atom. The Hall–Kier alpha value is -4.26. The third-order valence-electron chi connectivity index (χ3n) is 5.09. The SMILES string of the molecule is CC(C)NC(=O)C(c1ccc(O)cc1)N(CC#N)C(=O)C(Cc1ccc(O)cc1)NC(=O)OC(C)(C)C. The first-order valence-electron chi connectivity index (χ1n) is 11.8. The Labute approximate surface area is 216 Å². The highest BCUT2D eigenvalue weighted by atomic mass is 16.6. The van der Waals surface area contributed by atoms with Gasteiger partial charge in [0.15, 0.2) is 0 Å². The lowest BCUT2D eigenvalue weighted by atomic mass is 10.00. The molecule has 0 aliphatic carbocycles. The van der Waals surface area contributed by atoms with Gasteiger partial charge in [-0.15, -0.1) is 0 Å². The van der Waals surface area contributed by atoms with Gasteiger partial charge in [0.05, 0.1) is 6.07 Å². The zero-order chi connectivity index (χ0) is 27.8. The number of hydrogen-bond acceptors (Lipinski definition) is 7. The minimum Gasteiger partial charge on any atom is -0.508 e. The van der Waals surface area contributed by atoms with Crippen molar-refractivity contribution in [2.24, 2.45) is 0 Å². The van der Waals surface area contributed by atoms with Crippen LogP contribution in [0.5, 0.6) is 11.5 Å². The van der Waals surface area contributed by atoms with E-state index >= 15 is 0 Å². The summed E-state index contributed by atoms with van der Waals surface area (Å²) >= 11 is 0. The Kier molecular flexibility index (Phi) is 9.89. The molecule has 2 aromatic rings. The van der Waals surface area contributed by atoms with Crippen LogP contribution in [-0.2, 0) is 20.7 Å². The summed E-state index contributed by atoms with van der Waals surface area (Å²) in [6, 6.07) is 11.1. The summed E-state index contributed by atoms with van der Waals surface area (Å²) in [4.78, 5) is 40.9. The highest BCUT2D eigenvalue weighted by molar-refractivity contribution is 5.92. The number of alkyl carbamates (subject to hydrolysis) is 1. The highest BCUT2D eigenvalue weighted by Crippen LogP contribution is 2.25. The molecular formula is C27H34N4O6. The van der Waals surface area contributed by atoms with Gasteiger partial charge in [-0.2, -0.15) is 5.26 Å². The van der Waals surface area contributed by atoms with E-state index in [0.717, 1.165) is 4.90 Å². The third-order valence-corrected chi connectivity index (χ3v) is 5.09. The van der Waals surface area contributed by atoms with Crippen LogP contribution < -0.4 is 10.6 Å². The number of amides is 3. The molecule has 0 fully saturated rings. The van der Waals surface area contributed by atoms with Gasteiger partial charge in [0.25, 0.3) is 0 Å². The predicted octanol–water partition coefficient (Wildman–Crippen LogP) is 3.15. The first-order valence-corrected chi connectivity index (χ1v) is 11.8. The summed E-state index contributed by atoms with van der Waals surface area (Å²) in [6.45, 7) is 8.13. The van der Waals surface area contributed by atoms with Crippen molar-refractivity contribution in [3.63, 3.8) is 0 Å². The molecule has 10 heteroatoms. The van der Waals surface area contributed by atoms with Crippen LogP contribution in [0.3, 0.4) is 0 Å². The summed E-state index contributed by atoms with van der Waals surface area (Å²) in [5.74, 6) is -1.19. The number of carbonyl (C=O) groups excluding carboxylic acids is 3. The molecule has 0 radical (unpaired) electrons. The van der Waals surface area contributed by atoms with E-state index in [4.69, 9.17) is 4.74 Å². The lowest BCUT2D eigenvalue weighted by molar-refractivity contribution is -0.142. The van der Waals surface area contributed by atoms with E-state index in [2.05, 4.69) is 10.6 Å².